The molecule has 1 N–H and O–H groups in total. The minimum atomic E-state index is -0.149. The lowest BCUT2D eigenvalue weighted by atomic mass is 10.2. The van der Waals surface area contributed by atoms with E-state index in [0.717, 1.165) is 25.3 Å². The number of ether oxygens (including phenoxy) is 1. The summed E-state index contributed by atoms with van der Waals surface area (Å²) in [5.41, 5.74) is 0.432. The molecule has 2 rings (SSSR count). The lowest BCUT2D eigenvalue weighted by molar-refractivity contribution is 0.0943. The summed E-state index contributed by atoms with van der Waals surface area (Å²) in [6.45, 7) is 3.25. The summed E-state index contributed by atoms with van der Waals surface area (Å²) in [6.07, 6.45) is 7.19. The summed E-state index contributed by atoms with van der Waals surface area (Å²) < 4.78 is 4.96. The van der Waals surface area contributed by atoms with Gasteiger partial charge >= 0.3 is 0 Å². The van der Waals surface area contributed by atoms with Crippen molar-refractivity contribution in [2.24, 2.45) is 0 Å². The highest BCUT2D eigenvalue weighted by Crippen LogP contribution is 2.17. The van der Waals surface area contributed by atoms with Crippen molar-refractivity contribution >= 4 is 11.7 Å². The smallest absolute Gasteiger partial charge is 0.270 e. The molecule has 1 amide bonds. The third-order valence-electron chi connectivity index (χ3n) is 3.63. The molecule has 116 valence electrons. The van der Waals surface area contributed by atoms with Gasteiger partial charge in [-0.3, -0.25) is 4.79 Å². The molecule has 6 nitrogen and oxygen atoms in total. The van der Waals surface area contributed by atoms with Crippen molar-refractivity contribution in [3.05, 3.63) is 18.1 Å². The minimum Gasteiger partial charge on any atom is -0.385 e. The molecule has 1 aromatic heterocycles. The van der Waals surface area contributed by atoms with E-state index in [9.17, 15) is 4.79 Å². The summed E-state index contributed by atoms with van der Waals surface area (Å²) >= 11 is 0. The Labute approximate surface area is 125 Å². The molecular formula is C15H24N4O2. The highest BCUT2D eigenvalue weighted by molar-refractivity contribution is 5.92. The molecule has 1 aromatic rings. The number of rotatable bonds is 6. The normalized spacial score (nSPS) is 15.6. The van der Waals surface area contributed by atoms with E-state index in [1.165, 1.54) is 32.0 Å². The predicted octanol–water partition coefficient (Wildman–Crippen LogP) is 1.62. The van der Waals surface area contributed by atoms with Gasteiger partial charge in [-0.15, -0.1) is 0 Å². The molecule has 0 aromatic carbocycles. The van der Waals surface area contributed by atoms with Gasteiger partial charge in [-0.25, -0.2) is 9.97 Å². The fourth-order valence-corrected chi connectivity index (χ4v) is 2.45. The molecule has 0 saturated carbocycles. The first-order chi connectivity index (χ1) is 10.3. The maximum Gasteiger partial charge on any atom is 0.270 e. The molecule has 0 radical (unpaired) electrons. The van der Waals surface area contributed by atoms with Crippen LogP contribution in [0.15, 0.2) is 12.4 Å². The molecule has 0 spiro atoms. The van der Waals surface area contributed by atoms with Gasteiger partial charge in [-0.1, -0.05) is 12.8 Å². The molecule has 0 unspecified atom stereocenters. The molecule has 1 fully saturated rings. The van der Waals surface area contributed by atoms with Gasteiger partial charge in [-0.2, -0.15) is 0 Å². The van der Waals surface area contributed by atoms with Gasteiger partial charge in [0.1, 0.15) is 17.8 Å². The van der Waals surface area contributed by atoms with Crippen LogP contribution in [0.1, 0.15) is 42.6 Å². The Morgan fingerprint density at radius 3 is 2.76 bits per heavy atom. The van der Waals surface area contributed by atoms with E-state index in [1.54, 1.807) is 13.2 Å². The van der Waals surface area contributed by atoms with Crippen LogP contribution in [0.5, 0.6) is 0 Å². The van der Waals surface area contributed by atoms with E-state index in [2.05, 4.69) is 20.2 Å². The average molecular weight is 292 g/mol. The largest absolute Gasteiger partial charge is 0.385 e. The second-order valence-electron chi connectivity index (χ2n) is 5.26. The van der Waals surface area contributed by atoms with E-state index in [4.69, 9.17) is 4.74 Å². The topological polar surface area (TPSA) is 67.3 Å². The molecular weight excluding hydrogens is 268 g/mol. The SMILES string of the molecule is COCCCNC(=O)c1cc(N2CCCCCC2)ncn1. The molecule has 21 heavy (non-hydrogen) atoms. The molecule has 1 aliphatic rings. The fraction of sp³-hybridized carbons (Fsp3) is 0.667. The predicted molar refractivity (Wildman–Crippen MR) is 81.5 cm³/mol. The Morgan fingerprint density at radius 2 is 2.05 bits per heavy atom. The Morgan fingerprint density at radius 1 is 1.29 bits per heavy atom. The lowest BCUT2D eigenvalue weighted by Crippen LogP contribution is -2.28. The van der Waals surface area contributed by atoms with E-state index in [-0.39, 0.29) is 5.91 Å². The summed E-state index contributed by atoms with van der Waals surface area (Å²) in [7, 11) is 1.65. The molecule has 0 atom stereocenters. The van der Waals surface area contributed by atoms with Gasteiger partial charge in [0.05, 0.1) is 0 Å². The molecule has 1 saturated heterocycles. The van der Waals surface area contributed by atoms with Crippen molar-refractivity contribution in [2.45, 2.75) is 32.1 Å². The zero-order valence-electron chi connectivity index (χ0n) is 12.7. The second kappa shape index (κ2) is 8.56. The van der Waals surface area contributed by atoms with Crippen LogP contribution in [0, 0.1) is 0 Å². The number of methoxy groups -OCH3 is 1. The van der Waals surface area contributed by atoms with Crippen LogP contribution in [0.2, 0.25) is 0 Å². The van der Waals surface area contributed by atoms with Crippen molar-refractivity contribution in [3.8, 4) is 0 Å². The third kappa shape index (κ3) is 4.97. The molecule has 1 aliphatic heterocycles. The van der Waals surface area contributed by atoms with Crippen molar-refractivity contribution in [2.75, 3.05) is 38.3 Å². The summed E-state index contributed by atoms with van der Waals surface area (Å²) in [5, 5.41) is 2.85. The van der Waals surface area contributed by atoms with Crippen LogP contribution in [0.3, 0.4) is 0 Å². The molecule has 6 heteroatoms. The third-order valence-corrected chi connectivity index (χ3v) is 3.63. The number of anilines is 1. The lowest BCUT2D eigenvalue weighted by Gasteiger charge is -2.21. The van der Waals surface area contributed by atoms with Gasteiger partial charge in [0.2, 0.25) is 0 Å². The minimum absolute atomic E-state index is 0.149. The van der Waals surface area contributed by atoms with Crippen LogP contribution in [-0.4, -0.2) is 49.2 Å². The maximum absolute atomic E-state index is 12.1. The highest BCUT2D eigenvalue weighted by atomic mass is 16.5. The van der Waals surface area contributed by atoms with Gasteiger partial charge in [0.15, 0.2) is 0 Å². The Kier molecular flexibility index (Phi) is 6.40. The Bertz CT molecular complexity index is 445. The van der Waals surface area contributed by atoms with Crippen LogP contribution in [-0.2, 0) is 4.74 Å². The fourth-order valence-electron chi connectivity index (χ4n) is 2.45. The zero-order valence-corrected chi connectivity index (χ0v) is 12.7. The average Bonchev–Trinajstić information content (AvgIpc) is 2.81. The van der Waals surface area contributed by atoms with Crippen molar-refractivity contribution < 1.29 is 9.53 Å². The zero-order chi connectivity index (χ0) is 14.9. The standard InChI is InChI=1S/C15H24N4O2/c1-21-10-6-7-16-15(20)13-11-14(18-12-17-13)19-8-4-2-3-5-9-19/h11-12H,2-10H2,1H3,(H,16,20). The van der Waals surface area contributed by atoms with Crippen LogP contribution >= 0.6 is 0 Å². The first-order valence-corrected chi connectivity index (χ1v) is 7.65. The number of carbonyl (C=O) groups is 1. The monoisotopic (exact) mass is 292 g/mol. The molecule has 0 bridgehead atoms. The highest BCUT2D eigenvalue weighted by Gasteiger charge is 2.14. The van der Waals surface area contributed by atoms with Crippen LogP contribution in [0.4, 0.5) is 5.82 Å². The van der Waals surface area contributed by atoms with E-state index in [0.29, 0.717) is 18.8 Å². The number of carbonyl (C=O) groups excluding carboxylic acids is 1. The Balaban J connectivity index is 1.94. The van der Waals surface area contributed by atoms with E-state index in [1.807, 2.05) is 0 Å². The van der Waals surface area contributed by atoms with Gasteiger partial charge in [0.25, 0.3) is 5.91 Å². The van der Waals surface area contributed by atoms with Gasteiger partial charge < -0.3 is 15.0 Å². The van der Waals surface area contributed by atoms with Gasteiger partial charge in [-0.05, 0) is 19.3 Å². The maximum atomic E-state index is 12.1. The number of amides is 1. The number of nitrogens with zero attached hydrogens (tertiary/aromatic N) is 3. The molecule has 2 heterocycles. The number of aromatic nitrogens is 2. The first kappa shape index (κ1) is 15.7. The van der Waals surface area contributed by atoms with Crippen LogP contribution < -0.4 is 10.2 Å². The van der Waals surface area contributed by atoms with E-state index >= 15 is 0 Å². The number of hydrogen-bond donors (Lipinski definition) is 1. The Hall–Kier alpha value is -1.69. The quantitative estimate of drug-likeness (QED) is 0.807. The van der Waals surface area contributed by atoms with Crippen molar-refractivity contribution in [3.63, 3.8) is 0 Å². The molecule has 0 aliphatic carbocycles. The van der Waals surface area contributed by atoms with Gasteiger partial charge in [0, 0.05) is 39.4 Å². The summed E-state index contributed by atoms with van der Waals surface area (Å²) in [5.74, 6) is 0.707. The summed E-state index contributed by atoms with van der Waals surface area (Å²) in [4.78, 5) is 22.7. The van der Waals surface area contributed by atoms with E-state index < -0.39 is 0 Å². The number of hydrogen-bond acceptors (Lipinski definition) is 5. The second-order valence-corrected chi connectivity index (χ2v) is 5.26. The first-order valence-electron chi connectivity index (χ1n) is 7.65. The summed E-state index contributed by atoms with van der Waals surface area (Å²) in [6, 6.07) is 1.79. The van der Waals surface area contributed by atoms with Crippen molar-refractivity contribution in [1.82, 2.24) is 15.3 Å². The van der Waals surface area contributed by atoms with Crippen molar-refractivity contribution in [1.29, 1.82) is 0 Å². The number of nitrogens with one attached hydrogen (secondary N) is 1. The van der Waals surface area contributed by atoms with Crippen LogP contribution in [0.25, 0.3) is 0 Å².